The van der Waals surface area contributed by atoms with Gasteiger partial charge in [0.2, 0.25) is 0 Å². The number of aromatic nitrogens is 1. The van der Waals surface area contributed by atoms with Crippen molar-refractivity contribution in [1.29, 1.82) is 0 Å². The Labute approximate surface area is 119 Å². The Morgan fingerprint density at radius 3 is 2.60 bits per heavy atom. The van der Waals surface area contributed by atoms with Crippen molar-refractivity contribution in [2.24, 2.45) is 0 Å². The van der Waals surface area contributed by atoms with Crippen molar-refractivity contribution in [3.63, 3.8) is 0 Å². The second-order valence-corrected chi connectivity index (χ2v) is 4.69. The summed E-state index contributed by atoms with van der Waals surface area (Å²) in [7, 11) is 0. The maximum absolute atomic E-state index is 12.7. The van der Waals surface area contributed by atoms with Gasteiger partial charge in [-0.25, -0.2) is 4.98 Å². The van der Waals surface area contributed by atoms with Crippen LogP contribution in [-0.4, -0.2) is 4.98 Å². The predicted octanol–water partition coefficient (Wildman–Crippen LogP) is 4.93. The molecule has 2 nitrogen and oxygen atoms in total. The molecule has 0 aliphatic heterocycles. The van der Waals surface area contributed by atoms with Gasteiger partial charge >= 0.3 is 6.18 Å². The van der Waals surface area contributed by atoms with Gasteiger partial charge in [-0.1, -0.05) is 23.7 Å². The van der Waals surface area contributed by atoms with E-state index in [0.717, 1.165) is 12.1 Å². The fourth-order valence-corrected chi connectivity index (χ4v) is 1.97. The number of hydrogen-bond donors (Lipinski definition) is 1. The third kappa shape index (κ3) is 3.42. The summed E-state index contributed by atoms with van der Waals surface area (Å²) in [6.45, 7) is 1.76. The summed E-state index contributed by atoms with van der Waals surface area (Å²) in [5, 5.41) is 3.33. The van der Waals surface area contributed by atoms with Crippen molar-refractivity contribution < 1.29 is 13.2 Å². The van der Waals surface area contributed by atoms with Crippen LogP contribution in [0.1, 0.15) is 24.1 Å². The van der Waals surface area contributed by atoms with E-state index in [9.17, 15) is 13.2 Å². The van der Waals surface area contributed by atoms with E-state index in [-0.39, 0.29) is 11.2 Å². The van der Waals surface area contributed by atoms with Crippen molar-refractivity contribution in [1.82, 2.24) is 4.98 Å². The van der Waals surface area contributed by atoms with E-state index in [1.807, 2.05) is 0 Å². The number of nitrogens with one attached hydrogen (secondary N) is 1. The molecular formula is C14H12ClF3N2. The minimum Gasteiger partial charge on any atom is -0.376 e. The van der Waals surface area contributed by atoms with E-state index < -0.39 is 11.7 Å². The van der Waals surface area contributed by atoms with E-state index in [1.54, 1.807) is 31.3 Å². The minimum atomic E-state index is -4.35. The zero-order valence-corrected chi connectivity index (χ0v) is 11.3. The van der Waals surface area contributed by atoms with Gasteiger partial charge in [-0.05, 0) is 36.8 Å². The van der Waals surface area contributed by atoms with E-state index >= 15 is 0 Å². The number of pyridine rings is 1. The molecule has 0 spiro atoms. The smallest absolute Gasteiger partial charge is 0.376 e. The number of alkyl halides is 3. The van der Waals surface area contributed by atoms with Gasteiger partial charge in [0, 0.05) is 12.2 Å². The van der Waals surface area contributed by atoms with Crippen molar-refractivity contribution in [3.8, 4) is 0 Å². The average molecular weight is 301 g/mol. The van der Waals surface area contributed by atoms with E-state index in [1.165, 1.54) is 6.07 Å². The van der Waals surface area contributed by atoms with Gasteiger partial charge in [-0.3, -0.25) is 0 Å². The topological polar surface area (TPSA) is 24.9 Å². The van der Waals surface area contributed by atoms with Crippen molar-refractivity contribution in [2.45, 2.75) is 19.1 Å². The molecule has 0 bridgehead atoms. The number of anilines is 1. The first-order valence-electron chi connectivity index (χ1n) is 5.92. The van der Waals surface area contributed by atoms with Gasteiger partial charge in [0.1, 0.15) is 0 Å². The number of hydrogen-bond acceptors (Lipinski definition) is 2. The summed E-state index contributed by atoms with van der Waals surface area (Å²) in [5.74, 6) is 0. The molecule has 1 unspecified atom stereocenters. The molecule has 1 atom stereocenters. The summed E-state index contributed by atoms with van der Waals surface area (Å²) in [4.78, 5) is 3.91. The fraction of sp³-hybridized carbons (Fsp3) is 0.214. The summed E-state index contributed by atoms with van der Waals surface area (Å²) >= 11 is 5.91. The molecule has 0 aliphatic carbocycles. The molecule has 2 rings (SSSR count). The van der Waals surface area contributed by atoms with E-state index in [0.29, 0.717) is 11.3 Å². The van der Waals surface area contributed by atoms with Crippen LogP contribution in [0.5, 0.6) is 0 Å². The van der Waals surface area contributed by atoms with Crippen molar-refractivity contribution in [2.75, 3.05) is 5.32 Å². The molecule has 20 heavy (non-hydrogen) atoms. The number of rotatable bonds is 3. The van der Waals surface area contributed by atoms with Crippen LogP contribution in [0.3, 0.4) is 0 Å². The standard InChI is InChI=1S/C14H12ClF3N2/c1-9(20-12-6-3-7-19-13(12)15)10-4-2-5-11(8-10)14(16,17)18/h2-9,20H,1H3. The highest BCUT2D eigenvalue weighted by Gasteiger charge is 2.30. The molecule has 0 saturated carbocycles. The molecule has 0 fully saturated rings. The predicted molar refractivity (Wildman–Crippen MR) is 72.7 cm³/mol. The highest BCUT2D eigenvalue weighted by Crippen LogP contribution is 2.31. The van der Waals surface area contributed by atoms with Gasteiger partial charge < -0.3 is 5.32 Å². The zero-order chi connectivity index (χ0) is 14.8. The Hall–Kier alpha value is -1.75. The summed E-state index contributed by atoms with van der Waals surface area (Å²) in [6, 6.07) is 8.30. The molecule has 1 aromatic carbocycles. The van der Waals surface area contributed by atoms with Crippen LogP contribution in [0, 0.1) is 0 Å². The first kappa shape index (κ1) is 14.7. The van der Waals surface area contributed by atoms with Crippen LogP contribution in [0.2, 0.25) is 5.15 Å². The van der Waals surface area contributed by atoms with Gasteiger partial charge in [-0.15, -0.1) is 0 Å². The lowest BCUT2D eigenvalue weighted by molar-refractivity contribution is -0.137. The van der Waals surface area contributed by atoms with Crippen molar-refractivity contribution in [3.05, 3.63) is 58.9 Å². The fourth-order valence-electron chi connectivity index (χ4n) is 1.79. The molecule has 0 aliphatic rings. The summed E-state index contributed by atoms with van der Waals surface area (Å²) in [5.41, 5.74) is 0.444. The van der Waals surface area contributed by atoms with Gasteiger partial charge in [-0.2, -0.15) is 13.2 Å². The quantitative estimate of drug-likeness (QED) is 0.813. The minimum absolute atomic E-state index is 0.284. The van der Waals surface area contributed by atoms with Crippen LogP contribution in [0.4, 0.5) is 18.9 Å². The number of halogens is 4. The third-order valence-electron chi connectivity index (χ3n) is 2.85. The molecular weight excluding hydrogens is 289 g/mol. The normalized spacial score (nSPS) is 13.1. The van der Waals surface area contributed by atoms with Gasteiger partial charge in [0.15, 0.2) is 5.15 Å². The highest BCUT2D eigenvalue weighted by atomic mass is 35.5. The third-order valence-corrected chi connectivity index (χ3v) is 3.15. The van der Waals surface area contributed by atoms with Gasteiger partial charge in [0.25, 0.3) is 0 Å². The Bertz CT molecular complexity index is 599. The van der Waals surface area contributed by atoms with Crippen LogP contribution < -0.4 is 5.32 Å². The second kappa shape index (κ2) is 5.71. The molecule has 1 aromatic heterocycles. The zero-order valence-electron chi connectivity index (χ0n) is 10.6. The molecule has 1 heterocycles. The second-order valence-electron chi connectivity index (χ2n) is 4.33. The van der Waals surface area contributed by atoms with E-state index in [2.05, 4.69) is 10.3 Å². The first-order chi connectivity index (χ1) is 9.38. The maximum atomic E-state index is 12.7. The lowest BCUT2D eigenvalue weighted by atomic mass is 10.0. The lowest BCUT2D eigenvalue weighted by Gasteiger charge is -2.17. The number of benzene rings is 1. The summed E-state index contributed by atoms with van der Waals surface area (Å²) in [6.07, 6.45) is -2.80. The van der Waals surface area contributed by atoms with Crippen molar-refractivity contribution >= 4 is 17.3 Å². The Morgan fingerprint density at radius 1 is 1.20 bits per heavy atom. The summed E-state index contributed by atoms with van der Waals surface area (Å²) < 4.78 is 38.0. The molecule has 0 radical (unpaired) electrons. The van der Waals surface area contributed by atoms with Crippen LogP contribution >= 0.6 is 11.6 Å². The van der Waals surface area contributed by atoms with Crippen LogP contribution in [0.15, 0.2) is 42.6 Å². The Balaban J connectivity index is 2.22. The molecule has 1 N–H and O–H groups in total. The molecule has 0 amide bonds. The van der Waals surface area contributed by atoms with Crippen LogP contribution in [-0.2, 0) is 6.18 Å². The molecule has 106 valence electrons. The highest BCUT2D eigenvalue weighted by molar-refractivity contribution is 6.31. The maximum Gasteiger partial charge on any atom is 0.416 e. The SMILES string of the molecule is CC(Nc1cccnc1Cl)c1cccc(C(F)(F)F)c1. The van der Waals surface area contributed by atoms with Gasteiger partial charge in [0.05, 0.1) is 11.3 Å². The van der Waals surface area contributed by atoms with Crippen LogP contribution in [0.25, 0.3) is 0 Å². The van der Waals surface area contributed by atoms with E-state index in [4.69, 9.17) is 11.6 Å². The molecule has 0 saturated heterocycles. The number of nitrogens with zero attached hydrogens (tertiary/aromatic N) is 1. The largest absolute Gasteiger partial charge is 0.416 e. The molecule has 2 aromatic rings. The Morgan fingerprint density at radius 2 is 1.95 bits per heavy atom. The average Bonchev–Trinajstić information content (AvgIpc) is 2.40. The molecule has 6 heteroatoms. The lowest BCUT2D eigenvalue weighted by Crippen LogP contribution is -2.10. The Kier molecular flexibility index (Phi) is 4.18. The first-order valence-corrected chi connectivity index (χ1v) is 6.30. The monoisotopic (exact) mass is 300 g/mol.